The maximum atomic E-state index is 12.4. The molecular weight excluding hydrogens is 470 g/mol. The average molecular weight is 525 g/mol. The zero-order valence-electron chi connectivity index (χ0n) is 24.8. The van der Waals surface area contributed by atoms with Crippen LogP contribution in [-0.4, -0.2) is 37.4 Å². The standard InChI is InChI=1S/C34H54NO3/c1-5-7-8-9-10-11-12-13-15-20-30-24-26-32(27-25-30)37-34(6-2)38-33(36)23-18-19-28-35(3,4)29-31-21-16-14-17-22-31/h14,16-17,21-22,24-27,34H,5-13,15,18-20,23,28-29H2,1-4H3/q+1. The van der Waals surface area contributed by atoms with Crippen molar-refractivity contribution in [1.82, 2.24) is 0 Å². The summed E-state index contributed by atoms with van der Waals surface area (Å²) in [7, 11) is 4.49. The molecule has 0 aliphatic rings. The third-order valence-electron chi connectivity index (χ3n) is 7.20. The van der Waals surface area contributed by atoms with Crippen LogP contribution in [0.2, 0.25) is 0 Å². The lowest BCUT2D eigenvalue weighted by Crippen LogP contribution is -2.39. The molecular formula is C34H54NO3+. The van der Waals surface area contributed by atoms with Crippen molar-refractivity contribution in [1.29, 1.82) is 0 Å². The molecule has 0 saturated heterocycles. The number of benzene rings is 2. The summed E-state index contributed by atoms with van der Waals surface area (Å²) in [5.74, 6) is 0.590. The Kier molecular flexibility index (Phi) is 15.8. The molecule has 1 unspecified atom stereocenters. The van der Waals surface area contributed by atoms with Crippen molar-refractivity contribution in [2.75, 3.05) is 20.6 Å². The molecule has 0 aliphatic carbocycles. The van der Waals surface area contributed by atoms with Gasteiger partial charge >= 0.3 is 5.97 Å². The Labute approximate surface area is 233 Å². The molecule has 0 N–H and O–H groups in total. The van der Waals surface area contributed by atoms with E-state index in [1.54, 1.807) is 0 Å². The molecule has 0 bridgehead atoms. The Morgan fingerprint density at radius 2 is 1.37 bits per heavy atom. The van der Waals surface area contributed by atoms with Gasteiger partial charge in [0, 0.05) is 18.4 Å². The summed E-state index contributed by atoms with van der Waals surface area (Å²) < 4.78 is 12.5. The Hall–Kier alpha value is -2.33. The van der Waals surface area contributed by atoms with Crippen molar-refractivity contribution >= 4 is 5.97 Å². The molecule has 0 heterocycles. The van der Waals surface area contributed by atoms with Gasteiger partial charge in [0.25, 0.3) is 0 Å². The van der Waals surface area contributed by atoms with Crippen LogP contribution in [0.4, 0.5) is 0 Å². The first-order valence-corrected chi connectivity index (χ1v) is 15.2. The number of carbonyl (C=O) groups is 1. The molecule has 38 heavy (non-hydrogen) atoms. The fourth-order valence-electron chi connectivity index (χ4n) is 4.89. The zero-order chi connectivity index (χ0) is 27.5. The van der Waals surface area contributed by atoms with E-state index < -0.39 is 6.29 Å². The van der Waals surface area contributed by atoms with Crippen molar-refractivity contribution in [2.45, 2.75) is 117 Å². The van der Waals surface area contributed by atoms with Crippen LogP contribution in [0, 0.1) is 0 Å². The van der Waals surface area contributed by atoms with Crippen molar-refractivity contribution in [3.05, 3.63) is 65.7 Å². The molecule has 2 aromatic carbocycles. The summed E-state index contributed by atoms with van der Waals surface area (Å²) in [4.78, 5) is 12.4. The largest absolute Gasteiger partial charge is 0.455 e. The second-order valence-corrected chi connectivity index (χ2v) is 11.4. The number of aryl methyl sites for hydroxylation is 1. The van der Waals surface area contributed by atoms with Gasteiger partial charge < -0.3 is 14.0 Å². The normalized spacial score (nSPS) is 12.3. The van der Waals surface area contributed by atoms with Crippen molar-refractivity contribution in [2.24, 2.45) is 0 Å². The molecule has 212 valence electrons. The van der Waals surface area contributed by atoms with Crippen LogP contribution >= 0.6 is 0 Å². The number of unbranched alkanes of at least 4 members (excludes halogenated alkanes) is 9. The number of hydrogen-bond donors (Lipinski definition) is 0. The minimum absolute atomic E-state index is 0.174. The van der Waals surface area contributed by atoms with Crippen LogP contribution in [0.5, 0.6) is 5.75 Å². The van der Waals surface area contributed by atoms with Crippen LogP contribution in [0.3, 0.4) is 0 Å². The van der Waals surface area contributed by atoms with Gasteiger partial charge in [-0.25, -0.2) is 0 Å². The van der Waals surface area contributed by atoms with Crippen molar-refractivity contribution in [3.8, 4) is 5.75 Å². The summed E-state index contributed by atoms with van der Waals surface area (Å²) in [6.45, 7) is 6.28. The third-order valence-corrected chi connectivity index (χ3v) is 7.20. The zero-order valence-corrected chi connectivity index (χ0v) is 24.8. The Morgan fingerprint density at radius 3 is 2.00 bits per heavy atom. The van der Waals surface area contributed by atoms with E-state index in [0.29, 0.717) is 12.8 Å². The maximum Gasteiger partial charge on any atom is 0.308 e. The van der Waals surface area contributed by atoms with Gasteiger partial charge in [0.2, 0.25) is 6.29 Å². The summed E-state index contributed by atoms with van der Waals surface area (Å²) >= 11 is 0. The number of carbonyl (C=O) groups excluding carboxylic acids is 1. The first-order chi connectivity index (χ1) is 18.4. The predicted octanol–water partition coefficient (Wildman–Crippen LogP) is 8.86. The highest BCUT2D eigenvalue weighted by Gasteiger charge is 2.17. The molecule has 0 spiro atoms. The molecule has 4 nitrogen and oxygen atoms in total. The number of rotatable bonds is 21. The number of hydrogen-bond acceptors (Lipinski definition) is 3. The van der Waals surface area contributed by atoms with Gasteiger partial charge in [-0.1, -0.05) is 108 Å². The first kappa shape index (κ1) is 31.9. The summed E-state index contributed by atoms with van der Waals surface area (Å²) in [5.41, 5.74) is 2.69. The van der Waals surface area contributed by atoms with Crippen LogP contribution < -0.4 is 4.74 Å². The fourth-order valence-corrected chi connectivity index (χ4v) is 4.89. The van der Waals surface area contributed by atoms with E-state index >= 15 is 0 Å². The Bertz CT molecular complexity index is 863. The molecule has 0 aliphatic heterocycles. The quantitative estimate of drug-likeness (QED) is 0.0708. The van der Waals surface area contributed by atoms with Crippen LogP contribution in [0.25, 0.3) is 0 Å². The monoisotopic (exact) mass is 524 g/mol. The van der Waals surface area contributed by atoms with E-state index in [9.17, 15) is 4.79 Å². The number of esters is 1. The lowest BCUT2D eigenvalue weighted by molar-refractivity contribution is -0.903. The number of quaternary nitrogens is 1. The van der Waals surface area contributed by atoms with Gasteiger partial charge in [-0.2, -0.15) is 0 Å². The third kappa shape index (κ3) is 14.6. The molecule has 0 radical (unpaired) electrons. The molecule has 0 amide bonds. The molecule has 4 heteroatoms. The SMILES string of the molecule is CCCCCCCCCCCc1ccc(OC(CC)OC(=O)CCCC[N+](C)(C)Cc2ccccc2)cc1. The van der Waals surface area contributed by atoms with Gasteiger partial charge in [-0.15, -0.1) is 0 Å². The van der Waals surface area contributed by atoms with E-state index in [0.717, 1.165) is 42.6 Å². The maximum absolute atomic E-state index is 12.4. The van der Waals surface area contributed by atoms with Gasteiger partial charge in [0.05, 0.1) is 20.6 Å². The molecule has 2 rings (SSSR count). The topological polar surface area (TPSA) is 35.5 Å². The first-order valence-electron chi connectivity index (χ1n) is 15.2. The van der Waals surface area contributed by atoms with Crippen molar-refractivity contribution in [3.63, 3.8) is 0 Å². The highest BCUT2D eigenvalue weighted by molar-refractivity contribution is 5.69. The summed E-state index contributed by atoms with van der Waals surface area (Å²) in [5, 5.41) is 0. The van der Waals surface area contributed by atoms with E-state index in [4.69, 9.17) is 9.47 Å². The lowest BCUT2D eigenvalue weighted by atomic mass is 10.0. The van der Waals surface area contributed by atoms with Gasteiger partial charge in [-0.3, -0.25) is 4.79 Å². The molecule has 2 aromatic rings. The van der Waals surface area contributed by atoms with Crippen LogP contribution in [0.1, 0.15) is 108 Å². The van der Waals surface area contributed by atoms with Gasteiger partial charge in [-0.05, 0) is 43.4 Å². The van der Waals surface area contributed by atoms with E-state index in [1.165, 1.54) is 68.9 Å². The Balaban J connectivity index is 1.59. The lowest BCUT2D eigenvalue weighted by Gasteiger charge is -2.30. The van der Waals surface area contributed by atoms with E-state index in [-0.39, 0.29) is 5.97 Å². The summed E-state index contributed by atoms with van der Waals surface area (Å²) in [6.07, 6.45) is 15.6. The number of ether oxygens (including phenoxy) is 2. The summed E-state index contributed by atoms with van der Waals surface area (Å²) in [6, 6.07) is 18.9. The van der Waals surface area contributed by atoms with Gasteiger partial charge in [0.1, 0.15) is 12.3 Å². The molecule has 0 fully saturated rings. The fraction of sp³-hybridized carbons (Fsp3) is 0.618. The Morgan fingerprint density at radius 1 is 0.737 bits per heavy atom. The van der Waals surface area contributed by atoms with Crippen LogP contribution in [-0.2, 0) is 22.5 Å². The molecule has 0 saturated carbocycles. The highest BCUT2D eigenvalue weighted by Crippen LogP contribution is 2.19. The van der Waals surface area contributed by atoms with Crippen LogP contribution in [0.15, 0.2) is 54.6 Å². The van der Waals surface area contributed by atoms with Gasteiger partial charge in [0.15, 0.2) is 0 Å². The second kappa shape index (κ2) is 18.8. The van der Waals surface area contributed by atoms with E-state index in [1.807, 2.05) is 19.1 Å². The second-order valence-electron chi connectivity index (χ2n) is 11.4. The minimum Gasteiger partial charge on any atom is -0.455 e. The van der Waals surface area contributed by atoms with E-state index in [2.05, 4.69) is 63.5 Å². The van der Waals surface area contributed by atoms with Crippen molar-refractivity contribution < 1.29 is 18.8 Å². The molecule has 0 aromatic heterocycles. The highest BCUT2D eigenvalue weighted by atomic mass is 16.7. The number of nitrogens with zero attached hydrogens (tertiary/aromatic N) is 1. The predicted molar refractivity (Wildman–Crippen MR) is 159 cm³/mol. The smallest absolute Gasteiger partial charge is 0.308 e. The molecule has 1 atom stereocenters. The minimum atomic E-state index is -0.532. The average Bonchev–Trinajstić information content (AvgIpc) is 2.91.